The Morgan fingerprint density at radius 3 is 2.42 bits per heavy atom. The lowest BCUT2D eigenvalue weighted by atomic mass is 9.36. The number of ketones is 1. The van der Waals surface area contributed by atoms with E-state index in [2.05, 4.69) is 41.5 Å². The highest BCUT2D eigenvalue weighted by Crippen LogP contribution is 2.75. The molecule has 0 bridgehead atoms. The largest absolute Gasteiger partial charge is 0.388 e. The van der Waals surface area contributed by atoms with Crippen LogP contribution in [0.5, 0.6) is 0 Å². The maximum absolute atomic E-state index is 13.0. The molecule has 2 N–H and O–H groups in total. The molecule has 0 amide bonds. The van der Waals surface area contributed by atoms with E-state index in [9.17, 15) is 15.0 Å². The summed E-state index contributed by atoms with van der Waals surface area (Å²) in [6.07, 6.45) is 5.25. The maximum atomic E-state index is 13.0. The van der Waals surface area contributed by atoms with Gasteiger partial charge in [-0.25, -0.2) is 0 Å². The van der Waals surface area contributed by atoms with Crippen LogP contribution in [0.15, 0.2) is 11.1 Å². The summed E-state index contributed by atoms with van der Waals surface area (Å²) in [6, 6.07) is 0. The predicted molar refractivity (Wildman–Crippen MR) is 140 cm³/mol. The number of Topliss-reactive ketones (excluding diaryl/α,β-unsaturated/α-hetero) is 1. The second-order valence-corrected chi connectivity index (χ2v) is 15.0. The van der Waals surface area contributed by atoms with E-state index < -0.39 is 11.7 Å². The lowest BCUT2D eigenvalue weighted by Gasteiger charge is -2.69. The van der Waals surface area contributed by atoms with Crippen LogP contribution in [0, 0.1) is 39.4 Å². The first kappa shape index (κ1) is 26.8. The number of carbonyl (C=O) groups is 1. The molecule has 4 fully saturated rings. The van der Waals surface area contributed by atoms with Crippen LogP contribution in [-0.2, 0) is 14.3 Å². The topological polar surface area (TPSA) is 76.0 Å². The SMILES string of the molecule is CO[C@H]1CC2=C3[C@H](C)C[C@@H]([C@@H](O)C(C)(C)O)O[C@H]3C[C@]2(C)[C@@]2(C)CC[C@H]3C(C)(C)C(=O)CC[C@]3(C)[C@H]12. The zero-order chi connectivity index (χ0) is 26.6. The average Bonchev–Trinajstić information content (AvgIpc) is 3.08. The van der Waals surface area contributed by atoms with Crippen LogP contribution >= 0.6 is 0 Å². The van der Waals surface area contributed by atoms with Gasteiger partial charge in [-0.05, 0) is 91.9 Å². The van der Waals surface area contributed by atoms with Crippen LogP contribution in [-0.4, -0.2) is 53.1 Å². The van der Waals surface area contributed by atoms with Gasteiger partial charge in [0.05, 0.1) is 23.9 Å². The Balaban J connectivity index is 1.56. The molecular formula is C31H50O5. The number of rotatable bonds is 3. The van der Waals surface area contributed by atoms with Gasteiger partial charge in [0.15, 0.2) is 0 Å². The fraction of sp³-hybridized carbons (Fsp3) is 0.903. The standard InChI is InChI=1S/C31H50O5/c1-17-14-20(26(33)28(4,5)34)36-21-16-31(8)18(24(17)21)15-19(35-9)25-29(6)12-11-23(32)27(2,3)22(29)10-13-30(25,31)7/h17,19-22,25-26,33-34H,10-16H2,1-9H3/t17-,19+,20+,21+,22+,25+,26-,29+,30+,31+/m1/s1. The van der Waals surface area contributed by atoms with E-state index in [-0.39, 0.29) is 40.0 Å². The first-order valence-electron chi connectivity index (χ1n) is 14.4. The van der Waals surface area contributed by atoms with Gasteiger partial charge in [-0.2, -0.15) is 0 Å². The molecule has 0 aromatic carbocycles. The maximum Gasteiger partial charge on any atom is 0.138 e. The zero-order valence-corrected chi connectivity index (χ0v) is 24.1. The lowest BCUT2D eigenvalue weighted by molar-refractivity contribution is -0.216. The third kappa shape index (κ3) is 3.37. The summed E-state index contributed by atoms with van der Waals surface area (Å²) in [6.45, 7) is 17.4. The molecule has 1 aliphatic heterocycles. The summed E-state index contributed by atoms with van der Waals surface area (Å²) in [5, 5.41) is 21.4. The minimum absolute atomic E-state index is 0.00485. The number of aliphatic hydroxyl groups excluding tert-OH is 1. The normalized spacial score (nSPS) is 49.1. The molecule has 204 valence electrons. The highest BCUT2D eigenvalue weighted by molar-refractivity contribution is 5.85. The first-order valence-corrected chi connectivity index (χ1v) is 14.4. The predicted octanol–water partition coefficient (Wildman–Crippen LogP) is 5.47. The molecule has 1 heterocycles. The van der Waals surface area contributed by atoms with Crippen molar-refractivity contribution in [3.63, 3.8) is 0 Å². The van der Waals surface area contributed by atoms with Gasteiger partial charge >= 0.3 is 0 Å². The molecule has 5 aliphatic rings. The van der Waals surface area contributed by atoms with Crippen LogP contribution in [0.25, 0.3) is 0 Å². The Hall–Kier alpha value is -0.750. The van der Waals surface area contributed by atoms with Crippen LogP contribution in [0.1, 0.15) is 100 Å². The zero-order valence-electron chi connectivity index (χ0n) is 24.1. The molecule has 0 unspecified atom stereocenters. The van der Waals surface area contributed by atoms with E-state index in [1.807, 2.05) is 7.11 Å². The van der Waals surface area contributed by atoms with Crippen LogP contribution < -0.4 is 0 Å². The number of ether oxygens (including phenoxy) is 2. The first-order chi connectivity index (χ1) is 16.5. The van der Waals surface area contributed by atoms with Crippen molar-refractivity contribution in [1.29, 1.82) is 0 Å². The quantitative estimate of drug-likeness (QED) is 0.501. The van der Waals surface area contributed by atoms with E-state index in [1.54, 1.807) is 13.8 Å². The fourth-order valence-corrected chi connectivity index (χ4v) is 10.5. The Morgan fingerprint density at radius 1 is 1.14 bits per heavy atom. The molecule has 36 heavy (non-hydrogen) atoms. The molecule has 10 atom stereocenters. The minimum atomic E-state index is -1.19. The average molecular weight is 503 g/mol. The van der Waals surface area contributed by atoms with Crippen molar-refractivity contribution < 1.29 is 24.5 Å². The Bertz CT molecular complexity index is 961. The van der Waals surface area contributed by atoms with Gasteiger partial charge < -0.3 is 19.7 Å². The number of methoxy groups -OCH3 is 1. The molecule has 0 aromatic rings. The van der Waals surface area contributed by atoms with E-state index in [0.717, 1.165) is 38.5 Å². The third-order valence-corrected chi connectivity index (χ3v) is 12.5. The molecule has 1 saturated heterocycles. The number of hydrogen-bond donors (Lipinski definition) is 2. The minimum Gasteiger partial charge on any atom is -0.388 e. The van der Waals surface area contributed by atoms with E-state index >= 15 is 0 Å². The van der Waals surface area contributed by atoms with E-state index in [1.165, 1.54) is 11.1 Å². The van der Waals surface area contributed by atoms with Gasteiger partial charge in [-0.1, -0.05) is 47.1 Å². The van der Waals surface area contributed by atoms with Gasteiger partial charge in [0.2, 0.25) is 0 Å². The highest BCUT2D eigenvalue weighted by atomic mass is 16.5. The van der Waals surface area contributed by atoms with Gasteiger partial charge in [-0.15, -0.1) is 0 Å². The Kier molecular flexibility index (Phi) is 6.06. The summed E-state index contributed by atoms with van der Waals surface area (Å²) in [5.74, 6) is 1.49. The smallest absolute Gasteiger partial charge is 0.138 e. The highest BCUT2D eigenvalue weighted by Gasteiger charge is 2.70. The summed E-state index contributed by atoms with van der Waals surface area (Å²) < 4.78 is 13.0. The summed E-state index contributed by atoms with van der Waals surface area (Å²) in [4.78, 5) is 13.0. The molecule has 5 nitrogen and oxygen atoms in total. The van der Waals surface area contributed by atoms with Crippen LogP contribution in [0.3, 0.4) is 0 Å². The molecule has 4 aliphatic carbocycles. The van der Waals surface area contributed by atoms with Crippen molar-refractivity contribution in [2.24, 2.45) is 39.4 Å². The summed E-state index contributed by atoms with van der Waals surface area (Å²) in [7, 11) is 1.88. The third-order valence-electron chi connectivity index (χ3n) is 12.5. The van der Waals surface area contributed by atoms with Gasteiger partial charge in [0, 0.05) is 18.9 Å². The van der Waals surface area contributed by atoms with Crippen molar-refractivity contribution in [1.82, 2.24) is 0 Å². The molecule has 0 spiro atoms. The summed E-state index contributed by atoms with van der Waals surface area (Å²) >= 11 is 0. The van der Waals surface area contributed by atoms with Crippen molar-refractivity contribution in [2.75, 3.05) is 7.11 Å². The lowest BCUT2D eigenvalue weighted by Crippen LogP contribution is -2.66. The van der Waals surface area contributed by atoms with Gasteiger partial charge in [0.1, 0.15) is 11.9 Å². The number of hydrogen-bond acceptors (Lipinski definition) is 5. The summed E-state index contributed by atoms with van der Waals surface area (Å²) in [5.41, 5.74) is 1.59. The van der Waals surface area contributed by atoms with Crippen molar-refractivity contribution in [3.8, 4) is 0 Å². The monoisotopic (exact) mass is 502 g/mol. The number of aliphatic hydroxyl groups is 2. The number of fused-ring (bicyclic) bond motifs is 6. The molecule has 5 heteroatoms. The van der Waals surface area contributed by atoms with Gasteiger partial charge in [0.25, 0.3) is 0 Å². The second-order valence-electron chi connectivity index (χ2n) is 15.0. The van der Waals surface area contributed by atoms with Crippen molar-refractivity contribution in [3.05, 3.63) is 11.1 Å². The molecule has 0 aromatic heterocycles. The molecule has 5 rings (SSSR count). The molecule has 0 radical (unpaired) electrons. The Labute approximate surface area is 218 Å². The molecular weight excluding hydrogens is 452 g/mol. The second kappa shape index (κ2) is 8.13. The van der Waals surface area contributed by atoms with E-state index in [4.69, 9.17) is 9.47 Å². The molecule has 3 saturated carbocycles. The van der Waals surface area contributed by atoms with Crippen LogP contribution in [0.2, 0.25) is 0 Å². The number of carbonyl (C=O) groups excluding carboxylic acids is 1. The fourth-order valence-electron chi connectivity index (χ4n) is 10.5. The van der Waals surface area contributed by atoms with Crippen LogP contribution in [0.4, 0.5) is 0 Å². The Morgan fingerprint density at radius 2 is 1.81 bits per heavy atom. The van der Waals surface area contributed by atoms with Crippen molar-refractivity contribution >= 4 is 5.78 Å². The van der Waals surface area contributed by atoms with Crippen molar-refractivity contribution in [2.45, 2.75) is 130 Å². The van der Waals surface area contributed by atoms with E-state index in [0.29, 0.717) is 30.0 Å². The van der Waals surface area contributed by atoms with Gasteiger partial charge in [-0.3, -0.25) is 4.79 Å².